The Morgan fingerprint density at radius 2 is 2.12 bits per heavy atom. The molecule has 1 aliphatic rings. The van der Waals surface area contributed by atoms with Gasteiger partial charge in [-0.15, -0.1) is 0 Å². The number of hydrogen-bond donors (Lipinski definition) is 1. The third kappa shape index (κ3) is 4.41. The average molecular weight is 339 g/mol. The van der Waals surface area contributed by atoms with Gasteiger partial charge in [-0.2, -0.15) is 5.26 Å². The third-order valence-corrected chi connectivity index (χ3v) is 4.05. The molecule has 1 amide bonds. The molecule has 2 aromatic rings. The van der Waals surface area contributed by atoms with E-state index in [2.05, 4.69) is 10.2 Å². The first kappa shape index (κ1) is 17.1. The Balaban J connectivity index is 1.61. The summed E-state index contributed by atoms with van der Waals surface area (Å²) < 4.78 is 18.9. The van der Waals surface area contributed by atoms with E-state index in [0.29, 0.717) is 18.8 Å². The maximum atomic E-state index is 13.4. The minimum absolute atomic E-state index is 0.104. The summed E-state index contributed by atoms with van der Waals surface area (Å²) in [6.45, 7) is 2.46. The van der Waals surface area contributed by atoms with E-state index in [0.717, 1.165) is 19.2 Å². The Kier molecular flexibility index (Phi) is 5.39. The molecule has 1 saturated heterocycles. The molecule has 0 spiro atoms. The molecule has 2 aromatic carbocycles. The van der Waals surface area contributed by atoms with E-state index < -0.39 is 11.9 Å². The van der Waals surface area contributed by atoms with Crippen molar-refractivity contribution in [1.29, 1.82) is 5.26 Å². The molecule has 6 heteroatoms. The molecule has 3 rings (SSSR count). The van der Waals surface area contributed by atoms with Gasteiger partial charge in [-0.3, -0.25) is 9.69 Å². The maximum absolute atomic E-state index is 13.4. The molecular formula is C19H18FN3O2. The first-order chi connectivity index (χ1) is 12.2. The molecule has 128 valence electrons. The summed E-state index contributed by atoms with van der Waals surface area (Å²) in [4.78, 5) is 14.6. The van der Waals surface area contributed by atoms with Crippen LogP contribution in [0.15, 0.2) is 48.5 Å². The monoisotopic (exact) mass is 339 g/mol. The molecule has 0 aromatic heterocycles. The van der Waals surface area contributed by atoms with Crippen LogP contribution >= 0.6 is 0 Å². The van der Waals surface area contributed by atoms with Crippen molar-refractivity contribution in [3.05, 3.63) is 65.5 Å². The van der Waals surface area contributed by atoms with Crippen molar-refractivity contribution in [2.75, 3.05) is 25.0 Å². The molecule has 0 saturated carbocycles. The highest BCUT2D eigenvalue weighted by molar-refractivity contribution is 5.94. The zero-order chi connectivity index (χ0) is 17.6. The molecule has 1 unspecified atom stereocenters. The number of anilines is 1. The molecule has 1 aliphatic heterocycles. The summed E-state index contributed by atoms with van der Waals surface area (Å²) in [5, 5.41) is 11.6. The highest BCUT2D eigenvalue weighted by atomic mass is 19.1. The Hall–Kier alpha value is -2.75. The van der Waals surface area contributed by atoms with Gasteiger partial charge in [-0.1, -0.05) is 30.3 Å². The van der Waals surface area contributed by atoms with E-state index >= 15 is 0 Å². The number of nitriles is 1. The SMILES string of the molecule is N#Cc1cc(NC(=O)C2CN(Cc3ccccc3)CCO2)ccc1F. The van der Waals surface area contributed by atoms with Gasteiger partial charge in [-0.05, 0) is 23.8 Å². The summed E-state index contributed by atoms with van der Waals surface area (Å²) in [6.07, 6.45) is -0.604. The average Bonchev–Trinajstić information content (AvgIpc) is 2.64. The van der Waals surface area contributed by atoms with Gasteiger partial charge < -0.3 is 10.1 Å². The first-order valence-electron chi connectivity index (χ1n) is 8.04. The third-order valence-electron chi connectivity index (χ3n) is 4.05. The van der Waals surface area contributed by atoms with Crippen molar-refractivity contribution in [3.8, 4) is 6.07 Å². The lowest BCUT2D eigenvalue weighted by Crippen LogP contribution is -2.47. The van der Waals surface area contributed by atoms with Crippen LogP contribution in [0.5, 0.6) is 0 Å². The summed E-state index contributed by atoms with van der Waals surface area (Å²) in [7, 11) is 0. The minimum Gasteiger partial charge on any atom is -0.366 e. The van der Waals surface area contributed by atoms with E-state index in [-0.39, 0.29) is 11.5 Å². The van der Waals surface area contributed by atoms with Gasteiger partial charge in [0.1, 0.15) is 18.0 Å². The number of ether oxygens (including phenoxy) is 1. The van der Waals surface area contributed by atoms with Crippen LogP contribution in [0.3, 0.4) is 0 Å². The molecule has 1 fully saturated rings. The van der Waals surface area contributed by atoms with Gasteiger partial charge in [0.15, 0.2) is 0 Å². The quantitative estimate of drug-likeness (QED) is 0.930. The summed E-state index contributed by atoms with van der Waals surface area (Å²) in [5.74, 6) is -0.906. The van der Waals surface area contributed by atoms with Crippen LogP contribution in [-0.2, 0) is 16.1 Å². The molecule has 0 aliphatic carbocycles. The number of benzene rings is 2. The highest BCUT2D eigenvalue weighted by Gasteiger charge is 2.26. The Morgan fingerprint density at radius 1 is 1.32 bits per heavy atom. The largest absolute Gasteiger partial charge is 0.366 e. The number of morpholine rings is 1. The van der Waals surface area contributed by atoms with Crippen molar-refractivity contribution < 1.29 is 13.9 Å². The molecule has 1 atom stereocenters. The van der Waals surface area contributed by atoms with Crippen molar-refractivity contribution in [2.24, 2.45) is 0 Å². The first-order valence-corrected chi connectivity index (χ1v) is 8.04. The summed E-state index contributed by atoms with van der Waals surface area (Å²) in [6, 6.07) is 15.7. The van der Waals surface area contributed by atoms with Crippen LogP contribution in [0.25, 0.3) is 0 Å². The number of hydrogen-bond acceptors (Lipinski definition) is 4. The van der Waals surface area contributed by atoms with Crippen molar-refractivity contribution in [2.45, 2.75) is 12.6 Å². The van der Waals surface area contributed by atoms with Gasteiger partial charge in [0.25, 0.3) is 5.91 Å². The number of carbonyl (C=O) groups is 1. The van der Waals surface area contributed by atoms with E-state index in [1.54, 1.807) is 6.07 Å². The van der Waals surface area contributed by atoms with Crippen LogP contribution in [-0.4, -0.2) is 36.6 Å². The number of nitrogens with zero attached hydrogens (tertiary/aromatic N) is 2. The molecule has 25 heavy (non-hydrogen) atoms. The molecule has 1 N–H and O–H groups in total. The second kappa shape index (κ2) is 7.88. The molecule has 1 heterocycles. The Morgan fingerprint density at radius 3 is 2.88 bits per heavy atom. The van der Waals surface area contributed by atoms with E-state index in [9.17, 15) is 9.18 Å². The standard InChI is InChI=1S/C19H18FN3O2/c20-17-7-6-16(10-15(17)11-21)22-19(24)18-13-23(8-9-25-18)12-14-4-2-1-3-5-14/h1-7,10,18H,8-9,12-13H2,(H,22,24). The van der Waals surface area contributed by atoms with Gasteiger partial charge in [-0.25, -0.2) is 4.39 Å². The lowest BCUT2D eigenvalue weighted by molar-refractivity contribution is -0.133. The van der Waals surface area contributed by atoms with E-state index in [4.69, 9.17) is 10.00 Å². The normalized spacial score (nSPS) is 17.7. The zero-order valence-electron chi connectivity index (χ0n) is 13.6. The fourth-order valence-electron chi connectivity index (χ4n) is 2.76. The lowest BCUT2D eigenvalue weighted by atomic mass is 10.1. The molecule has 0 radical (unpaired) electrons. The van der Waals surface area contributed by atoms with Crippen LogP contribution in [0, 0.1) is 17.1 Å². The number of carbonyl (C=O) groups excluding carboxylic acids is 1. The number of nitrogens with one attached hydrogen (secondary N) is 1. The van der Waals surface area contributed by atoms with E-state index in [1.165, 1.54) is 17.7 Å². The topological polar surface area (TPSA) is 65.4 Å². The predicted octanol–water partition coefficient (Wildman–Crippen LogP) is 2.54. The fraction of sp³-hybridized carbons (Fsp3) is 0.263. The van der Waals surface area contributed by atoms with Crippen molar-refractivity contribution in [3.63, 3.8) is 0 Å². The summed E-state index contributed by atoms with van der Waals surface area (Å²) in [5.41, 5.74) is 1.46. The van der Waals surface area contributed by atoms with Crippen molar-refractivity contribution >= 4 is 11.6 Å². The fourth-order valence-corrected chi connectivity index (χ4v) is 2.76. The molecule has 5 nitrogen and oxygen atoms in total. The van der Waals surface area contributed by atoms with Crippen LogP contribution in [0.4, 0.5) is 10.1 Å². The van der Waals surface area contributed by atoms with Gasteiger partial charge in [0.05, 0.1) is 12.2 Å². The summed E-state index contributed by atoms with van der Waals surface area (Å²) >= 11 is 0. The molecule has 0 bridgehead atoms. The number of halogens is 1. The van der Waals surface area contributed by atoms with Crippen LogP contribution in [0.2, 0.25) is 0 Å². The highest BCUT2D eigenvalue weighted by Crippen LogP contribution is 2.16. The zero-order valence-corrected chi connectivity index (χ0v) is 13.6. The Bertz CT molecular complexity index is 789. The lowest BCUT2D eigenvalue weighted by Gasteiger charge is -2.32. The van der Waals surface area contributed by atoms with E-state index in [1.807, 2.05) is 30.3 Å². The molecular weight excluding hydrogens is 321 g/mol. The van der Waals surface area contributed by atoms with Gasteiger partial charge >= 0.3 is 0 Å². The van der Waals surface area contributed by atoms with Crippen molar-refractivity contribution in [1.82, 2.24) is 4.90 Å². The maximum Gasteiger partial charge on any atom is 0.254 e. The minimum atomic E-state index is -0.608. The predicted molar refractivity (Wildman–Crippen MR) is 91.2 cm³/mol. The second-order valence-electron chi connectivity index (χ2n) is 5.88. The Labute approximate surface area is 145 Å². The van der Waals surface area contributed by atoms with Crippen LogP contribution < -0.4 is 5.32 Å². The second-order valence-corrected chi connectivity index (χ2v) is 5.88. The van der Waals surface area contributed by atoms with Gasteiger partial charge in [0.2, 0.25) is 0 Å². The number of amides is 1. The smallest absolute Gasteiger partial charge is 0.254 e. The van der Waals surface area contributed by atoms with Gasteiger partial charge in [0, 0.05) is 25.3 Å². The number of rotatable bonds is 4. The van der Waals surface area contributed by atoms with Crippen LogP contribution in [0.1, 0.15) is 11.1 Å².